The van der Waals surface area contributed by atoms with E-state index in [1.807, 2.05) is 30.3 Å². The lowest BCUT2D eigenvalue weighted by Gasteiger charge is -2.19. The average Bonchev–Trinajstić information content (AvgIpc) is 3.49. The van der Waals surface area contributed by atoms with Crippen molar-refractivity contribution < 1.29 is 22.9 Å². The molecule has 0 spiro atoms. The van der Waals surface area contributed by atoms with Crippen molar-refractivity contribution in [1.29, 1.82) is 5.26 Å². The standard InChI is InChI=1S/C23H19Cl2F3N4O2/c1-33-34-13-22(7-8-22)19-18(11-29)31-32(21(19)30-12-14-5-3-2-4-6-14)20-16(24)9-15(10-17(20)25)23(26,27)28/h2-6,9-10,30H,7-8,12-13H2,1H3. The Morgan fingerprint density at radius 1 is 1.18 bits per heavy atom. The lowest BCUT2D eigenvalue weighted by Crippen LogP contribution is -2.19. The van der Waals surface area contributed by atoms with Crippen molar-refractivity contribution in [3.8, 4) is 11.8 Å². The fraction of sp³-hybridized carbons (Fsp3) is 0.304. The molecule has 1 saturated carbocycles. The van der Waals surface area contributed by atoms with E-state index in [4.69, 9.17) is 33.0 Å². The normalized spacial score (nSPS) is 14.6. The Labute approximate surface area is 203 Å². The van der Waals surface area contributed by atoms with E-state index in [0.717, 1.165) is 17.7 Å². The number of alkyl halides is 3. The Kier molecular flexibility index (Phi) is 6.78. The third kappa shape index (κ3) is 4.72. The second kappa shape index (κ2) is 9.47. The number of hydrogen-bond acceptors (Lipinski definition) is 5. The van der Waals surface area contributed by atoms with Crippen molar-refractivity contribution in [3.05, 3.63) is 74.9 Å². The number of aromatic nitrogens is 2. The van der Waals surface area contributed by atoms with E-state index in [2.05, 4.69) is 16.5 Å². The van der Waals surface area contributed by atoms with Gasteiger partial charge in [0.25, 0.3) is 0 Å². The lowest BCUT2D eigenvalue weighted by atomic mass is 9.96. The van der Waals surface area contributed by atoms with Crippen molar-refractivity contribution in [1.82, 2.24) is 9.78 Å². The molecular formula is C23H19Cl2F3N4O2. The van der Waals surface area contributed by atoms with E-state index in [-0.39, 0.29) is 28.0 Å². The zero-order chi connectivity index (χ0) is 24.5. The molecule has 0 amide bonds. The summed E-state index contributed by atoms with van der Waals surface area (Å²) in [5, 5.41) is 17.0. The average molecular weight is 511 g/mol. The predicted octanol–water partition coefficient (Wildman–Crippen LogP) is 6.29. The first-order chi connectivity index (χ1) is 16.2. The van der Waals surface area contributed by atoms with Crippen LogP contribution in [0, 0.1) is 11.3 Å². The van der Waals surface area contributed by atoms with Crippen LogP contribution in [0.15, 0.2) is 42.5 Å². The molecule has 0 radical (unpaired) electrons. The van der Waals surface area contributed by atoms with Crippen molar-refractivity contribution in [2.75, 3.05) is 19.0 Å². The van der Waals surface area contributed by atoms with E-state index in [1.54, 1.807) is 0 Å². The number of halogens is 5. The summed E-state index contributed by atoms with van der Waals surface area (Å²) in [6, 6.07) is 13.1. The first-order valence-corrected chi connectivity index (χ1v) is 11.0. The van der Waals surface area contributed by atoms with Gasteiger partial charge in [-0.2, -0.15) is 23.5 Å². The van der Waals surface area contributed by atoms with Crippen LogP contribution in [0.2, 0.25) is 10.0 Å². The highest BCUT2D eigenvalue weighted by molar-refractivity contribution is 6.38. The van der Waals surface area contributed by atoms with E-state index in [9.17, 15) is 18.4 Å². The van der Waals surface area contributed by atoms with Gasteiger partial charge >= 0.3 is 6.18 Å². The molecule has 0 bridgehead atoms. The van der Waals surface area contributed by atoms with Gasteiger partial charge in [-0.3, -0.25) is 0 Å². The molecule has 1 aliphatic carbocycles. The number of benzene rings is 2. The molecular weight excluding hydrogens is 492 g/mol. The molecule has 3 aromatic rings. The SMILES string of the molecule is COOCC1(c2c(C#N)nn(-c3c(Cl)cc(C(F)(F)F)cc3Cl)c2NCc2ccccc2)CC1. The Balaban J connectivity index is 1.87. The Hall–Kier alpha value is -2.77. The summed E-state index contributed by atoms with van der Waals surface area (Å²) in [5.74, 6) is 0.404. The van der Waals surface area contributed by atoms with E-state index in [0.29, 0.717) is 30.8 Å². The van der Waals surface area contributed by atoms with Crippen LogP contribution in [0.1, 0.15) is 35.2 Å². The minimum absolute atomic E-state index is 0.0399. The van der Waals surface area contributed by atoms with Crippen molar-refractivity contribution in [3.63, 3.8) is 0 Å². The quantitative estimate of drug-likeness (QED) is 0.284. The number of rotatable bonds is 8. The summed E-state index contributed by atoms with van der Waals surface area (Å²) in [7, 11) is 1.39. The Morgan fingerprint density at radius 2 is 1.82 bits per heavy atom. The van der Waals surface area contributed by atoms with Gasteiger partial charge in [0.05, 0.1) is 29.3 Å². The largest absolute Gasteiger partial charge is 0.416 e. The van der Waals surface area contributed by atoms with Crippen LogP contribution in [0.3, 0.4) is 0 Å². The van der Waals surface area contributed by atoms with E-state index < -0.39 is 17.2 Å². The van der Waals surface area contributed by atoms with Gasteiger partial charge in [-0.25, -0.2) is 14.5 Å². The summed E-state index contributed by atoms with van der Waals surface area (Å²) in [6.07, 6.45) is -3.20. The molecule has 0 saturated heterocycles. The second-order valence-corrected chi connectivity index (χ2v) is 8.74. The molecule has 1 aromatic heterocycles. The number of anilines is 1. The summed E-state index contributed by atoms with van der Waals surface area (Å²) in [5.41, 5.74) is 0.142. The Bertz CT molecular complexity index is 1210. The molecule has 1 aliphatic rings. The summed E-state index contributed by atoms with van der Waals surface area (Å²) in [6.45, 7) is 0.542. The van der Waals surface area contributed by atoms with Gasteiger partial charge in [-0.05, 0) is 30.5 Å². The van der Waals surface area contributed by atoms with Crippen LogP contribution in [0.25, 0.3) is 5.69 Å². The van der Waals surface area contributed by atoms with Gasteiger partial charge in [0.15, 0.2) is 5.69 Å². The van der Waals surface area contributed by atoms with Crippen molar-refractivity contribution in [2.45, 2.75) is 31.0 Å². The third-order valence-electron chi connectivity index (χ3n) is 5.69. The topological polar surface area (TPSA) is 72.1 Å². The van der Waals surface area contributed by atoms with Gasteiger partial charge < -0.3 is 5.32 Å². The molecule has 1 fully saturated rings. The molecule has 4 rings (SSSR count). The fourth-order valence-corrected chi connectivity index (χ4v) is 4.47. The maximum atomic E-state index is 13.3. The minimum atomic E-state index is -4.62. The highest BCUT2D eigenvalue weighted by Crippen LogP contribution is 2.53. The van der Waals surface area contributed by atoms with Crippen LogP contribution >= 0.6 is 23.2 Å². The number of nitriles is 1. The van der Waals surface area contributed by atoms with Crippen LogP contribution in [0.4, 0.5) is 19.0 Å². The molecule has 0 aliphatic heterocycles. The maximum absolute atomic E-state index is 13.3. The maximum Gasteiger partial charge on any atom is 0.416 e. The molecule has 0 unspecified atom stereocenters. The fourth-order valence-electron chi connectivity index (χ4n) is 3.83. The monoisotopic (exact) mass is 510 g/mol. The van der Waals surface area contributed by atoms with Gasteiger partial charge in [0.1, 0.15) is 17.6 Å². The molecule has 178 valence electrons. The molecule has 1 N–H and O–H groups in total. The number of nitrogens with zero attached hydrogens (tertiary/aromatic N) is 3. The molecule has 6 nitrogen and oxygen atoms in total. The van der Waals surface area contributed by atoms with Crippen molar-refractivity contribution >= 4 is 29.0 Å². The van der Waals surface area contributed by atoms with Crippen molar-refractivity contribution in [2.24, 2.45) is 0 Å². The summed E-state index contributed by atoms with van der Waals surface area (Å²) >= 11 is 12.6. The molecule has 11 heteroatoms. The zero-order valence-corrected chi connectivity index (χ0v) is 19.4. The first kappa shape index (κ1) is 24.4. The van der Waals surface area contributed by atoms with Gasteiger partial charge in [-0.1, -0.05) is 53.5 Å². The highest BCUT2D eigenvalue weighted by Gasteiger charge is 2.50. The zero-order valence-electron chi connectivity index (χ0n) is 17.9. The van der Waals surface area contributed by atoms with Crippen LogP contribution in [0.5, 0.6) is 0 Å². The Morgan fingerprint density at radius 3 is 2.35 bits per heavy atom. The van der Waals surface area contributed by atoms with Crippen LogP contribution in [-0.4, -0.2) is 23.5 Å². The molecule has 1 heterocycles. The number of nitrogens with one attached hydrogen (secondary N) is 1. The molecule has 34 heavy (non-hydrogen) atoms. The predicted molar refractivity (Wildman–Crippen MR) is 121 cm³/mol. The van der Waals surface area contributed by atoms with Crippen LogP contribution in [-0.2, 0) is 27.9 Å². The van der Waals surface area contributed by atoms with Gasteiger partial charge in [0, 0.05) is 17.5 Å². The summed E-state index contributed by atoms with van der Waals surface area (Å²) in [4.78, 5) is 9.97. The molecule has 2 aromatic carbocycles. The smallest absolute Gasteiger partial charge is 0.366 e. The van der Waals surface area contributed by atoms with Gasteiger partial charge in [-0.15, -0.1) is 0 Å². The first-order valence-electron chi connectivity index (χ1n) is 10.2. The van der Waals surface area contributed by atoms with Crippen LogP contribution < -0.4 is 5.32 Å². The van der Waals surface area contributed by atoms with E-state index >= 15 is 0 Å². The second-order valence-electron chi connectivity index (χ2n) is 7.93. The van der Waals surface area contributed by atoms with E-state index in [1.165, 1.54) is 11.8 Å². The lowest BCUT2D eigenvalue weighted by molar-refractivity contribution is -0.277. The minimum Gasteiger partial charge on any atom is -0.366 e. The summed E-state index contributed by atoms with van der Waals surface area (Å²) < 4.78 is 41.1. The number of hydrogen-bond donors (Lipinski definition) is 1. The third-order valence-corrected chi connectivity index (χ3v) is 6.26. The molecule has 0 atom stereocenters. The highest BCUT2D eigenvalue weighted by atomic mass is 35.5. The van der Waals surface area contributed by atoms with Gasteiger partial charge in [0.2, 0.25) is 0 Å².